The van der Waals surface area contributed by atoms with Crippen LogP contribution < -0.4 is 9.61 Å². The molecule has 0 fully saturated rings. The maximum Gasteiger partial charge on any atom is 0.339 e. The van der Waals surface area contributed by atoms with Crippen LogP contribution in [-0.2, 0) is 10.1 Å². The molecule has 0 aliphatic rings. The molecule has 0 saturated carbocycles. The Balaban J connectivity index is 1.68. The van der Waals surface area contributed by atoms with Gasteiger partial charge in [-0.25, -0.2) is 5.43 Å². The fourth-order valence-electron chi connectivity index (χ4n) is 2.43. The molecular weight excluding hydrogens is 617 g/mol. The molecule has 0 unspecified atom stereocenters. The number of carbonyl (C=O) groups is 1. The number of nitro groups is 1. The molecule has 0 atom stereocenters. The van der Waals surface area contributed by atoms with Gasteiger partial charge in [-0.1, -0.05) is 6.07 Å². The summed E-state index contributed by atoms with van der Waals surface area (Å²) in [6.07, 6.45) is 1.39. The number of carbonyl (C=O) groups excluding carboxylic acids is 1. The molecule has 0 spiro atoms. The standard InChI is InChI=1S/C20H13BrIN3O6S/c21-18-10-13(12-23-24-20(26)14-2-1-3-15(22)11-14)4-9-19(18)31-32(29,30)17-7-5-16(6-8-17)25(27)28/h1-12H,(H,24,26)/b23-12-. The predicted molar refractivity (Wildman–Crippen MR) is 129 cm³/mol. The maximum absolute atomic E-state index is 12.4. The van der Waals surface area contributed by atoms with Crippen molar-refractivity contribution in [2.45, 2.75) is 4.90 Å². The van der Waals surface area contributed by atoms with E-state index in [1.54, 1.807) is 30.3 Å². The van der Waals surface area contributed by atoms with Crippen LogP contribution in [0.25, 0.3) is 0 Å². The van der Waals surface area contributed by atoms with Crippen molar-refractivity contribution in [3.8, 4) is 5.75 Å². The molecule has 1 N–H and O–H groups in total. The van der Waals surface area contributed by atoms with E-state index in [-0.39, 0.29) is 22.2 Å². The van der Waals surface area contributed by atoms with Crippen LogP contribution in [0.5, 0.6) is 5.75 Å². The van der Waals surface area contributed by atoms with Crippen LogP contribution in [0.4, 0.5) is 5.69 Å². The van der Waals surface area contributed by atoms with Gasteiger partial charge in [-0.15, -0.1) is 0 Å². The molecule has 0 saturated heterocycles. The normalized spacial score (nSPS) is 11.3. The number of benzene rings is 3. The fraction of sp³-hybridized carbons (Fsp3) is 0. The lowest BCUT2D eigenvalue weighted by Crippen LogP contribution is -2.17. The molecule has 0 bridgehead atoms. The third kappa shape index (κ3) is 6.11. The van der Waals surface area contributed by atoms with Crippen LogP contribution in [0.3, 0.4) is 0 Å². The van der Waals surface area contributed by atoms with Gasteiger partial charge in [0.2, 0.25) is 0 Å². The molecule has 3 aromatic rings. The SMILES string of the molecule is O=C(N/N=C\c1ccc(OS(=O)(=O)c2ccc([N+](=O)[O-])cc2)c(Br)c1)c1cccc(I)c1. The first-order valence-corrected chi connectivity index (χ1v) is 12.0. The Bertz CT molecular complexity index is 1310. The number of nitrogens with zero attached hydrogens (tertiary/aromatic N) is 2. The number of amides is 1. The minimum Gasteiger partial charge on any atom is -0.378 e. The Morgan fingerprint density at radius 1 is 1.12 bits per heavy atom. The van der Waals surface area contributed by atoms with Crippen LogP contribution in [0.1, 0.15) is 15.9 Å². The summed E-state index contributed by atoms with van der Waals surface area (Å²) in [6, 6.07) is 15.9. The van der Waals surface area contributed by atoms with E-state index in [0.29, 0.717) is 15.6 Å². The molecule has 0 aromatic heterocycles. The van der Waals surface area contributed by atoms with Crippen molar-refractivity contribution in [3.05, 3.63) is 96.0 Å². The first kappa shape index (κ1) is 23.8. The molecule has 1 amide bonds. The number of hydrogen-bond donors (Lipinski definition) is 1. The lowest BCUT2D eigenvalue weighted by Gasteiger charge is -2.09. The predicted octanol–water partition coefficient (Wildman–Crippen LogP) is 4.49. The average Bonchev–Trinajstić information content (AvgIpc) is 2.75. The summed E-state index contributed by atoms with van der Waals surface area (Å²) in [5.41, 5.74) is 3.22. The molecule has 0 heterocycles. The Morgan fingerprint density at radius 2 is 1.84 bits per heavy atom. The van der Waals surface area contributed by atoms with Crippen LogP contribution in [0.15, 0.2) is 81.2 Å². The Hall–Kier alpha value is -2.84. The highest BCUT2D eigenvalue weighted by Crippen LogP contribution is 2.29. The van der Waals surface area contributed by atoms with Gasteiger partial charge in [-0.2, -0.15) is 13.5 Å². The summed E-state index contributed by atoms with van der Waals surface area (Å²) in [7, 11) is -4.20. The van der Waals surface area contributed by atoms with Crippen LogP contribution in [-0.4, -0.2) is 25.5 Å². The number of non-ortho nitro benzene ring substituents is 1. The molecule has 0 radical (unpaired) electrons. The molecule has 3 aromatic carbocycles. The first-order valence-electron chi connectivity index (χ1n) is 8.73. The summed E-state index contributed by atoms with van der Waals surface area (Å²) < 4.78 is 31.3. The number of nitrogens with one attached hydrogen (secondary N) is 1. The highest BCUT2D eigenvalue weighted by atomic mass is 127. The van der Waals surface area contributed by atoms with Gasteiger partial charge < -0.3 is 4.18 Å². The largest absolute Gasteiger partial charge is 0.378 e. The third-order valence-corrected chi connectivity index (χ3v) is 6.50. The minimum absolute atomic E-state index is 0.0170. The highest BCUT2D eigenvalue weighted by Gasteiger charge is 2.19. The Labute approximate surface area is 205 Å². The summed E-state index contributed by atoms with van der Waals surface area (Å²) in [6.45, 7) is 0. The second-order valence-corrected chi connectivity index (χ2v) is 9.83. The average molecular weight is 630 g/mol. The zero-order valence-corrected chi connectivity index (χ0v) is 20.5. The summed E-state index contributed by atoms with van der Waals surface area (Å²) in [5.74, 6) is -0.351. The zero-order chi connectivity index (χ0) is 23.3. The molecule has 164 valence electrons. The quantitative estimate of drug-likeness (QED) is 0.135. The van der Waals surface area contributed by atoms with E-state index in [0.717, 1.165) is 27.8 Å². The van der Waals surface area contributed by atoms with E-state index < -0.39 is 15.0 Å². The zero-order valence-electron chi connectivity index (χ0n) is 15.9. The Morgan fingerprint density at radius 3 is 2.47 bits per heavy atom. The maximum atomic E-state index is 12.4. The number of nitro benzene ring substituents is 1. The van der Waals surface area contributed by atoms with E-state index in [9.17, 15) is 23.3 Å². The van der Waals surface area contributed by atoms with E-state index in [4.69, 9.17) is 4.18 Å². The van der Waals surface area contributed by atoms with Gasteiger partial charge in [0.1, 0.15) is 4.90 Å². The lowest BCUT2D eigenvalue weighted by molar-refractivity contribution is -0.384. The van der Waals surface area contributed by atoms with Gasteiger partial charge >= 0.3 is 10.1 Å². The van der Waals surface area contributed by atoms with Gasteiger partial charge in [0, 0.05) is 21.3 Å². The molecule has 32 heavy (non-hydrogen) atoms. The summed E-state index contributed by atoms with van der Waals surface area (Å²) in [5, 5.41) is 14.6. The lowest BCUT2D eigenvalue weighted by atomic mass is 10.2. The first-order chi connectivity index (χ1) is 15.2. The van der Waals surface area contributed by atoms with Crippen LogP contribution in [0.2, 0.25) is 0 Å². The topological polar surface area (TPSA) is 128 Å². The third-order valence-electron chi connectivity index (χ3n) is 3.96. The number of hydrogen-bond acceptors (Lipinski definition) is 7. The highest BCUT2D eigenvalue weighted by molar-refractivity contribution is 14.1. The molecule has 12 heteroatoms. The van der Waals surface area contributed by atoms with Crippen molar-refractivity contribution in [2.24, 2.45) is 5.10 Å². The minimum atomic E-state index is -4.20. The molecule has 3 rings (SSSR count). The van der Waals surface area contributed by atoms with E-state index in [1.807, 2.05) is 6.07 Å². The van der Waals surface area contributed by atoms with Crippen molar-refractivity contribution in [1.29, 1.82) is 0 Å². The van der Waals surface area contributed by atoms with Crippen molar-refractivity contribution in [2.75, 3.05) is 0 Å². The van der Waals surface area contributed by atoms with Gasteiger partial charge in [0.25, 0.3) is 11.6 Å². The van der Waals surface area contributed by atoms with Gasteiger partial charge in [0.15, 0.2) is 5.75 Å². The van der Waals surface area contributed by atoms with Crippen LogP contribution in [0, 0.1) is 13.7 Å². The number of rotatable bonds is 7. The van der Waals surface area contributed by atoms with Crippen molar-refractivity contribution < 1.29 is 22.3 Å². The van der Waals surface area contributed by atoms with Crippen molar-refractivity contribution >= 4 is 66.4 Å². The second kappa shape index (κ2) is 10.2. The number of hydrazone groups is 1. The van der Waals surface area contributed by atoms with E-state index >= 15 is 0 Å². The van der Waals surface area contributed by atoms with E-state index in [2.05, 4.69) is 49.0 Å². The Kier molecular flexibility index (Phi) is 7.58. The molecule has 0 aliphatic heterocycles. The summed E-state index contributed by atoms with van der Waals surface area (Å²) in [4.78, 5) is 22.0. The van der Waals surface area contributed by atoms with Crippen LogP contribution >= 0.6 is 38.5 Å². The van der Waals surface area contributed by atoms with E-state index in [1.165, 1.54) is 12.3 Å². The smallest absolute Gasteiger partial charge is 0.339 e. The van der Waals surface area contributed by atoms with Crippen molar-refractivity contribution in [3.63, 3.8) is 0 Å². The monoisotopic (exact) mass is 629 g/mol. The molecule has 9 nitrogen and oxygen atoms in total. The molecule has 0 aliphatic carbocycles. The van der Waals surface area contributed by atoms with Gasteiger partial charge in [-0.3, -0.25) is 14.9 Å². The fourth-order valence-corrected chi connectivity index (χ4v) is 4.50. The second-order valence-electron chi connectivity index (χ2n) is 6.19. The summed E-state index contributed by atoms with van der Waals surface area (Å²) >= 11 is 5.34. The molecular formula is C20H13BrIN3O6S. The van der Waals surface area contributed by atoms with Gasteiger partial charge in [-0.05, 0) is 92.6 Å². The number of halogens is 2. The van der Waals surface area contributed by atoms with Crippen molar-refractivity contribution in [1.82, 2.24) is 5.43 Å². The van der Waals surface area contributed by atoms with Gasteiger partial charge in [0.05, 0.1) is 15.6 Å².